The van der Waals surface area contributed by atoms with Crippen molar-refractivity contribution >= 4 is 71.6 Å². The van der Waals surface area contributed by atoms with Crippen LogP contribution in [0, 0.1) is 0 Å². The Bertz CT molecular complexity index is 3520. The second-order valence-electron chi connectivity index (χ2n) is 15.7. The monoisotopic (exact) mass is 778 g/mol. The first-order valence-corrected chi connectivity index (χ1v) is 20.8. The standard InChI is InChI=1S/C58H38N2O/c1-2-14-40(15-3-1)46-17-6-10-22-53(46)59(44-32-26-39(27-33-44)43-31-36-51-52-37-30-41-16-4-5-19-48(41)58(52)61-57(51)38-43)45-34-28-42(29-35-45)47-18-7-11-23-54(47)60-55-24-12-8-20-49(55)50-21-9-13-25-56(50)60/h1-38H. The molecule has 12 rings (SSSR count). The van der Waals surface area contributed by atoms with E-state index in [1.54, 1.807) is 0 Å². The first kappa shape index (κ1) is 34.9. The van der Waals surface area contributed by atoms with E-state index in [1.807, 2.05) is 0 Å². The number of furan rings is 1. The van der Waals surface area contributed by atoms with Gasteiger partial charge in [-0.05, 0) is 94.4 Å². The van der Waals surface area contributed by atoms with Crippen molar-refractivity contribution in [2.45, 2.75) is 0 Å². The van der Waals surface area contributed by atoms with Crippen LogP contribution in [0.1, 0.15) is 0 Å². The lowest BCUT2D eigenvalue weighted by Crippen LogP contribution is -2.11. The third-order valence-corrected chi connectivity index (χ3v) is 12.2. The maximum absolute atomic E-state index is 6.56. The number of rotatable bonds is 7. The van der Waals surface area contributed by atoms with Crippen LogP contribution in [0.4, 0.5) is 17.1 Å². The number of anilines is 3. The van der Waals surface area contributed by atoms with Crippen molar-refractivity contribution < 1.29 is 4.42 Å². The molecule has 0 aliphatic rings. The third-order valence-electron chi connectivity index (χ3n) is 12.2. The maximum atomic E-state index is 6.56. The molecule has 0 radical (unpaired) electrons. The molecule has 10 aromatic carbocycles. The highest BCUT2D eigenvalue weighted by molar-refractivity contribution is 6.15. The summed E-state index contributed by atoms with van der Waals surface area (Å²) < 4.78 is 8.97. The molecule has 2 aromatic heterocycles. The molecule has 0 bridgehead atoms. The fraction of sp³-hybridized carbons (Fsp3) is 0. The molecule has 0 fully saturated rings. The first-order chi connectivity index (χ1) is 30.3. The van der Waals surface area contributed by atoms with Gasteiger partial charge in [-0.15, -0.1) is 0 Å². The van der Waals surface area contributed by atoms with Gasteiger partial charge in [0, 0.05) is 49.4 Å². The van der Waals surface area contributed by atoms with Gasteiger partial charge in [0.25, 0.3) is 0 Å². The number of hydrogen-bond donors (Lipinski definition) is 0. The average molecular weight is 779 g/mol. The smallest absolute Gasteiger partial charge is 0.143 e. The summed E-state index contributed by atoms with van der Waals surface area (Å²) in [5, 5.41) is 7.10. The van der Waals surface area contributed by atoms with Crippen LogP contribution in [-0.2, 0) is 0 Å². The van der Waals surface area contributed by atoms with Gasteiger partial charge in [-0.25, -0.2) is 0 Å². The summed E-state index contributed by atoms with van der Waals surface area (Å²) in [5.74, 6) is 0. The Labute approximate surface area is 353 Å². The molecule has 0 spiro atoms. The van der Waals surface area contributed by atoms with Crippen LogP contribution in [0.15, 0.2) is 235 Å². The minimum atomic E-state index is 0.895. The molecule has 2 heterocycles. The first-order valence-electron chi connectivity index (χ1n) is 20.8. The fourth-order valence-corrected chi connectivity index (χ4v) is 9.33. The number of fused-ring (bicyclic) bond motifs is 8. The van der Waals surface area contributed by atoms with Crippen molar-refractivity contribution in [2.75, 3.05) is 4.90 Å². The molecular weight excluding hydrogens is 741 g/mol. The molecule has 3 nitrogen and oxygen atoms in total. The molecule has 0 atom stereocenters. The van der Waals surface area contributed by atoms with Crippen LogP contribution in [0.3, 0.4) is 0 Å². The van der Waals surface area contributed by atoms with Crippen LogP contribution in [0.25, 0.3) is 93.6 Å². The highest BCUT2D eigenvalue weighted by Crippen LogP contribution is 2.43. The van der Waals surface area contributed by atoms with Crippen molar-refractivity contribution in [1.82, 2.24) is 4.57 Å². The lowest BCUT2D eigenvalue weighted by atomic mass is 9.99. The van der Waals surface area contributed by atoms with Gasteiger partial charge in [0.15, 0.2) is 0 Å². The van der Waals surface area contributed by atoms with Gasteiger partial charge in [0.2, 0.25) is 0 Å². The Morgan fingerprint density at radius 1 is 0.344 bits per heavy atom. The number of nitrogens with zero attached hydrogens (tertiary/aromatic N) is 2. The Morgan fingerprint density at radius 2 is 0.885 bits per heavy atom. The highest BCUT2D eigenvalue weighted by atomic mass is 16.3. The van der Waals surface area contributed by atoms with Gasteiger partial charge in [-0.2, -0.15) is 0 Å². The zero-order chi connectivity index (χ0) is 40.3. The highest BCUT2D eigenvalue weighted by Gasteiger charge is 2.20. The molecule has 286 valence electrons. The summed E-state index contributed by atoms with van der Waals surface area (Å²) in [4.78, 5) is 2.38. The molecule has 61 heavy (non-hydrogen) atoms. The Morgan fingerprint density at radius 3 is 1.62 bits per heavy atom. The van der Waals surface area contributed by atoms with Crippen molar-refractivity contribution in [2.24, 2.45) is 0 Å². The molecular formula is C58H38N2O. The number of benzene rings is 10. The molecule has 12 aromatic rings. The van der Waals surface area contributed by atoms with Gasteiger partial charge in [0.1, 0.15) is 11.2 Å². The lowest BCUT2D eigenvalue weighted by Gasteiger charge is -2.28. The van der Waals surface area contributed by atoms with Crippen molar-refractivity contribution in [3.8, 4) is 39.1 Å². The average Bonchev–Trinajstić information content (AvgIpc) is 3.88. The summed E-state index contributed by atoms with van der Waals surface area (Å²) >= 11 is 0. The zero-order valence-corrected chi connectivity index (χ0v) is 33.2. The van der Waals surface area contributed by atoms with Crippen LogP contribution in [-0.4, -0.2) is 4.57 Å². The molecule has 0 aliphatic heterocycles. The normalized spacial score (nSPS) is 11.6. The number of aromatic nitrogens is 1. The quantitative estimate of drug-likeness (QED) is 0.161. The lowest BCUT2D eigenvalue weighted by molar-refractivity contribution is 0.673. The Balaban J connectivity index is 0.956. The largest absolute Gasteiger partial charge is 0.455 e. The minimum absolute atomic E-state index is 0.895. The molecule has 3 heteroatoms. The van der Waals surface area contributed by atoms with Gasteiger partial charge < -0.3 is 13.9 Å². The SMILES string of the molecule is c1ccc(-c2ccccc2N(c2ccc(-c3ccc4c(c3)oc3c5ccccc5ccc43)cc2)c2ccc(-c3ccccc3-n3c4ccccc4c4ccccc43)cc2)cc1. The molecule has 0 amide bonds. The third kappa shape index (κ3) is 5.82. The van der Waals surface area contributed by atoms with Crippen LogP contribution in [0.5, 0.6) is 0 Å². The minimum Gasteiger partial charge on any atom is -0.455 e. The van der Waals surface area contributed by atoms with Crippen LogP contribution in [0.2, 0.25) is 0 Å². The molecule has 0 aliphatic carbocycles. The summed E-state index contributed by atoms with van der Waals surface area (Å²) in [6, 6.07) is 82.8. The predicted octanol–water partition coefficient (Wildman–Crippen LogP) is 16.3. The number of para-hydroxylation sites is 4. The second-order valence-corrected chi connectivity index (χ2v) is 15.7. The molecule has 0 saturated carbocycles. The topological polar surface area (TPSA) is 21.3 Å². The summed E-state index contributed by atoms with van der Waals surface area (Å²) in [7, 11) is 0. The van der Waals surface area contributed by atoms with Crippen LogP contribution >= 0.6 is 0 Å². The zero-order valence-electron chi connectivity index (χ0n) is 33.2. The van der Waals surface area contributed by atoms with E-state index in [0.717, 1.165) is 72.3 Å². The van der Waals surface area contributed by atoms with Crippen molar-refractivity contribution in [3.63, 3.8) is 0 Å². The van der Waals surface area contributed by atoms with Gasteiger partial charge in [0.05, 0.1) is 22.4 Å². The van der Waals surface area contributed by atoms with Gasteiger partial charge in [-0.3, -0.25) is 0 Å². The summed E-state index contributed by atoms with van der Waals surface area (Å²) in [6.45, 7) is 0. The molecule has 0 saturated heterocycles. The van der Waals surface area contributed by atoms with Gasteiger partial charge >= 0.3 is 0 Å². The van der Waals surface area contributed by atoms with Crippen LogP contribution < -0.4 is 4.90 Å². The molecule has 0 unspecified atom stereocenters. The predicted molar refractivity (Wildman–Crippen MR) is 257 cm³/mol. The second kappa shape index (κ2) is 14.3. The van der Waals surface area contributed by atoms with E-state index in [1.165, 1.54) is 38.3 Å². The van der Waals surface area contributed by atoms with Crippen molar-refractivity contribution in [3.05, 3.63) is 231 Å². The maximum Gasteiger partial charge on any atom is 0.143 e. The number of hydrogen-bond acceptors (Lipinski definition) is 2. The molecule has 0 N–H and O–H groups in total. The van der Waals surface area contributed by atoms with E-state index in [2.05, 4.69) is 240 Å². The van der Waals surface area contributed by atoms with E-state index in [0.29, 0.717) is 0 Å². The van der Waals surface area contributed by atoms with E-state index in [9.17, 15) is 0 Å². The van der Waals surface area contributed by atoms with E-state index < -0.39 is 0 Å². The summed E-state index contributed by atoms with van der Waals surface area (Å²) in [6.07, 6.45) is 0. The Hall–Kier alpha value is -8.14. The van der Waals surface area contributed by atoms with E-state index in [4.69, 9.17) is 4.42 Å². The van der Waals surface area contributed by atoms with Gasteiger partial charge in [-0.1, -0.05) is 164 Å². The Kier molecular flexibility index (Phi) is 8.17. The fourth-order valence-electron chi connectivity index (χ4n) is 9.33. The summed E-state index contributed by atoms with van der Waals surface area (Å²) in [5.41, 5.74) is 15.6. The van der Waals surface area contributed by atoms with E-state index >= 15 is 0 Å². The van der Waals surface area contributed by atoms with Crippen molar-refractivity contribution in [1.29, 1.82) is 0 Å². The van der Waals surface area contributed by atoms with E-state index in [-0.39, 0.29) is 0 Å².